The lowest BCUT2D eigenvalue weighted by atomic mass is 10.2. The van der Waals surface area contributed by atoms with Gasteiger partial charge in [0.15, 0.2) is 4.96 Å². The van der Waals surface area contributed by atoms with Crippen LogP contribution < -0.4 is 10.3 Å². The molecule has 0 amide bonds. The Balaban J connectivity index is 1.46. The van der Waals surface area contributed by atoms with Crippen molar-refractivity contribution in [2.45, 2.75) is 30.8 Å². The van der Waals surface area contributed by atoms with Gasteiger partial charge in [0.25, 0.3) is 5.56 Å². The lowest BCUT2D eigenvalue weighted by Crippen LogP contribution is -2.35. The number of thiazole rings is 1. The van der Waals surface area contributed by atoms with Gasteiger partial charge in [-0.1, -0.05) is 6.42 Å². The van der Waals surface area contributed by atoms with Crippen molar-refractivity contribution in [3.05, 3.63) is 58.0 Å². The molecule has 0 saturated carbocycles. The molecule has 0 bridgehead atoms. The van der Waals surface area contributed by atoms with E-state index in [0.717, 1.165) is 19.3 Å². The fourth-order valence-corrected chi connectivity index (χ4v) is 5.34. The fraction of sp³-hybridized carbons (Fsp3) is 0.333. The molecule has 0 N–H and O–H groups in total. The van der Waals surface area contributed by atoms with Gasteiger partial charge in [-0.25, -0.2) is 13.4 Å². The largest absolute Gasteiger partial charge is 0.487 e. The van der Waals surface area contributed by atoms with Gasteiger partial charge in [-0.15, -0.1) is 11.3 Å². The van der Waals surface area contributed by atoms with E-state index in [-0.39, 0.29) is 17.1 Å². The standard InChI is InChI=1S/C18H19N3O4S2/c22-17-12-14(19-18-21(17)10-11-26-18)13-25-15-4-6-16(7-5-15)27(23,24)20-8-2-1-3-9-20/h4-7,10-12H,1-3,8-9,13H2. The molecule has 1 aromatic carbocycles. The molecule has 3 aromatic rings. The van der Waals surface area contributed by atoms with Crippen molar-refractivity contribution in [1.29, 1.82) is 0 Å². The molecule has 2 aromatic heterocycles. The Bertz CT molecular complexity index is 1100. The van der Waals surface area contributed by atoms with Crippen LogP contribution in [0.1, 0.15) is 25.0 Å². The average molecular weight is 406 g/mol. The second-order valence-corrected chi connectivity index (χ2v) is 9.18. The van der Waals surface area contributed by atoms with Gasteiger partial charge in [0.05, 0.1) is 10.6 Å². The second kappa shape index (κ2) is 7.41. The van der Waals surface area contributed by atoms with E-state index in [1.165, 1.54) is 21.8 Å². The van der Waals surface area contributed by atoms with E-state index >= 15 is 0 Å². The summed E-state index contributed by atoms with van der Waals surface area (Å²) in [5.41, 5.74) is 0.385. The Hall–Kier alpha value is -2.23. The summed E-state index contributed by atoms with van der Waals surface area (Å²) >= 11 is 1.38. The summed E-state index contributed by atoms with van der Waals surface area (Å²) in [5, 5.41) is 1.80. The molecule has 7 nitrogen and oxygen atoms in total. The van der Waals surface area contributed by atoms with Crippen LogP contribution in [0.25, 0.3) is 4.96 Å². The van der Waals surface area contributed by atoms with Gasteiger partial charge in [0, 0.05) is 30.7 Å². The zero-order chi connectivity index (χ0) is 18.9. The van der Waals surface area contributed by atoms with Crippen molar-refractivity contribution in [1.82, 2.24) is 13.7 Å². The van der Waals surface area contributed by atoms with Crippen molar-refractivity contribution in [2.24, 2.45) is 0 Å². The van der Waals surface area contributed by atoms with Crippen LogP contribution in [0.4, 0.5) is 0 Å². The summed E-state index contributed by atoms with van der Waals surface area (Å²) in [6, 6.07) is 7.82. The topological polar surface area (TPSA) is 81.0 Å². The first-order chi connectivity index (χ1) is 13.0. The number of ether oxygens (including phenoxy) is 1. The number of benzene rings is 1. The van der Waals surface area contributed by atoms with Gasteiger partial charge in [0.1, 0.15) is 12.4 Å². The molecule has 0 spiro atoms. The highest BCUT2D eigenvalue weighted by atomic mass is 32.2. The Morgan fingerprint density at radius 2 is 1.85 bits per heavy atom. The first-order valence-electron chi connectivity index (χ1n) is 8.73. The first kappa shape index (κ1) is 18.1. The summed E-state index contributed by atoms with van der Waals surface area (Å²) in [4.78, 5) is 17.2. The van der Waals surface area contributed by atoms with Crippen molar-refractivity contribution in [2.75, 3.05) is 13.1 Å². The molecule has 0 unspecified atom stereocenters. The van der Waals surface area contributed by atoms with Crippen LogP contribution in [0.2, 0.25) is 0 Å². The molecular formula is C18H19N3O4S2. The molecule has 4 rings (SSSR count). The molecule has 0 atom stereocenters. The highest BCUT2D eigenvalue weighted by Crippen LogP contribution is 2.23. The maximum Gasteiger partial charge on any atom is 0.258 e. The van der Waals surface area contributed by atoms with Crippen molar-refractivity contribution >= 4 is 26.3 Å². The Kier molecular flexibility index (Phi) is 4.98. The predicted molar refractivity (Wildman–Crippen MR) is 103 cm³/mol. The van der Waals surface area contributed by atoms with Gasteiger partial charge < -0.3 is 4.74 Å². The van der Waals surface area contributed by atoms with Crippen LogP contribution in [-0.4, -0.2) is 35.2 Å². The summed E-state index contributed by atoms with van der Waals surface area (Å²) in [7, 11) is -3.45. The molecule has 27 heavy (non-hydrogen) atoms. The molecule has 0 aliphatic carbocycles. The highest BCUT2D eigenvalue weighted by molar-refractivity contribution is 7.89. The lowest BCUT2D eigenvalue weighted by Gasteiger charge is -2.25. The van der Waals surface area contributed by atoms with E-state index in [2.05, 4.69) is 4.98 Å². The monoisotopic (exact) mass is 405 g/mol. The molecule has 3 heterocycles. The highest BCUT2D eigenvalue weighted by Gasteiger charge is 2.25. The van der Waals surface area contributed by atoms with Gasteiger partial charge in [-0.05, 0) is 37.1 Å². The van der Waals surface area contributed by atoms with Crippen LogP contribution in [0, 0.1) is 0 Å². The number of fused-ring (bicyclic) bond motifs is 1. The Labute approximate surface area is 160 Å². The van der Waals surface area contributed by atoms with Gasteiger partial charge >= 0.3 is 0 Å². The van der Waals surface area contributed by atoms with Crippen LogP contribution in [0.3, 0.4) is 0 Å². The van der Waals surface area contributed by atoms with Gasteiger partial charge in [0.2, 0.25) is 10.0 Å². The molecular weight excluding hydrogens is 386 g/mol. The maximum absolute atomic E-state index is 12.7. The number of sulfonamides is 1. The minimum atomic E-state index is -3.45. The van der Waals surface area contributed by atoms with Crippen molar-refractivity contribution < 1.29 is 13.2 Å². The number of hydrogen-bond donors (Lipinski definition) is 0. The molecule has 9 heteroatoms. The SMILES string of the molecule is O=c1cc(COc2ccc(S(=O)(=O)N3CCCCC3)cc2)nc2sccn12. The number of hydrogen-bond acceptors (Lipinski definition) is 6. The molecule has 1 fully saturated rings. The van der Waals surface area contributed by atoms with Crippen molar-refractivity contribution in [3.63, 3.8) is 0 Å². The normalized spacial score (nSPS) is 15.9. The number of piperidine rings is 1. The second-order valence-electron chi connectivity index (χ2n) is 6.37. The third kappa shape index (κ3) is 3.76. The van der Waals surface area contributed by atoms with E-state index in [1.54, 1.807) is 40.1 Å². The summed E-state index contributed by atoms with van der Waals surface area (Å²) in [5.74, 6) is 0.528. The molecule has 0 radical (unpaired) electrons. The number of rotatable bonds is 5. The van der Waals surface area contributed by atoms with Gasteiger partial charge in [-0.2, -0.15) is 4.31 Å². The first-order valence-corrected chi connectivity index (χ1v) is 11.0. The van der Waals surface area contributed by atoms with Crippen LogP contribution >= 0.6 is 11.3 Å². The van der Waals surface area contributed by atoms with Crippen LogP contribution in [-0.2, 0) is 16.6 Å². The third-order valence-electron chi connectivity index (χ3n) is 4.52. The quantitative estimate of drug-likeness (QED) is 0.652. The Morgan fingerprint density at radius 3 is 2.59 bits per heavy atom. The number of aromatic nitrogens is 2. The minimum absolute atomic E-state index is 0.141. The molecule has 1 saturated heterocycles. The van der Waals surface area contributed by atoms with E-state index < -0.39 is 10.0 Å². The fourth-order valence-electron chi connectivity index (χ4n) is 3.08. The zero-order valence-electron chi connectivity index (χ0n) is 14.6. The molecule has 142 valence electrons. The molecule has 1 aliphatic heterocycles. The smallest absolute Gasteiger partial charge is 0.258 e. The van der Waals surface area contributed by atoms with E-state index in [9.17, 15) is 13.2 Å². The van der Waals surface area contributed by atoms with E-state index in [4.69, 9.17) is 4.74 Å². The average Bonchev–Trinajstić information content (AvgIpc) is 3.17. The molecule has 1 aliphatic rings. The summed E-state index contributed by atoms with van der Waals surface area (Å²) in [6.45, 7) is 1.29. The summed E-state index contributed by atoms with van der Waals surface area (Å²) < 4.78 is 34.0. The van der Waals surface area contributed by atoms with E-state index in [0.29, 0.717) is 29.5 Å². The van der Waals surface area contributed by atoms with Crippen molar-refractivity contribution in [3.8, 4) is 5.75 Å². The summed E-state index contributed by atoms with van der Waals surface area (Å²) in [6.07, 6.45) is 4.57. The Morgan fingerprint density at radius 1 is 1.11 bits per heavy atom. The zero-order valence-corrected chi connectivity index (χ0v) is 16.2. The minimum Gasteiger partial charge on any atom is -0.487 e. The third-order valence-corrected chi connectivity index (χ3v) is 7.19. The number of nitrogens with zero attached hydrogens (tertiary/aromatic N) is 3. The lowest BCUT2D eigenvalue weighted by molar-refractivity contribution is 0.301. The maximum atomic E-state index is 12.7. The van der Waals surface area contributed by atoms with E-state index in [1.807, 2.05) is 0 Å². The van der Waals surface area contributed by atoms with Crippen LogP contribution in [0.15, 0.2) is 51.6 Å². The van der Waals surface area contributed by atoms with Gasteiger partial charge in [-0.3, -0.25) is 9.20 Å². The predicted octanol–water partition coefficient (Wildman–Crippen LogP) is 2.51. The van der Waals surface area contributed by atoms with Crippen LogP contribution in [0.5, 0.6) is 5.75 Å².